The van der Waals surface area contributed by atoms with Crippen LogP contribution in [-0.4, -0.2) is 20.6 Å². The Morgan fingerprint density at radius 2 is 1.71 bits per heavy atom. The number of hydrogen-bond donors (Lipinski definition) is 2. The Morgan fingerprint density at radius 3 is 2.35 bits per heavy atom. The minimum Gasteiger partial charge on any atom is -0.321 e. The second kappa shape index (κ2) is 10.5. The summed E-state index contributed by atoms with van der Waals surface area (Å²) in [5, 5.41) is 2.87. The van der Waals surface area contributed by atoms with Gasteiger partial charge in [-0.25, -0.2) is 8.42 Å². The smallest absolute Gasteiger partial charge is 0.261 e. The van der Waals surface area contributed by atoms with E-state index in [-0.39, 0.29) is 15.6 Å². The molecule has 0 radical (unpaired) electrons. The van der Waals surface area contributed by atoms with Crippen molar-refractivity contribution in [1.29, 1.82) is 0 Å². The molecule has 3 aromatic rings. The van der Waals surface area contributed by atoms with Gasteiger partial charge in [0.05, 0.1) is 15.6 Å². The Bertz CT molecular complexity index is 1210. The zero-order valence-corrected chi connectivity index (χ0v) is 20.8. The van der Waals surface area contributed by atoms with Crippen molar-refractivity contribution in [2.45, 2.75) is 9.79 Å². The molecule has 5 nitrogen and oxygen atoms in total. The molecule has 0 aliphatic rings. The Hall–Kier alpha value is -2.01. The van der Waals surface area contributed by atoms with E-state index in [1.807, 2.05) is 30.5 Å². The first-order valence-corrected chi connectivity index (χ1v) is 13.1. The summed E-state index contributed by atoms with van der Waals surface area (Å²) in [7, 11) is -3.85. The molecule has 0 saturated carbocycles. The molecule has 0 unspecified atom stereocenters. The first-order valence-electron chi connectivity index (χ1n) is 8.98. The highest BCUT2D eigenvalue weighted by Crippen LogP contribution is 2.27. The Morgan fingerprint density at radius 1 is 1.03 bits per heavy atom. The molecule has 0 aromatic heterocycles. The van der Waals surface area contributed by atoms with Gasteiger partial charge in [-0.15, -0.1) is 11.8 Å². The Balaban J connectivity index is 1.74. The summed E-state index contributed by atoms with van der Waals surface area (Å²) in [6, 6.07) is 18.8. The molecule has 2 N–H and O–H groups in total. The molecule has 9 heteroatoms. The van der Waals surface area contributed by atoms with E-state index < -0.39 is 15.9 Å². The topological polar surface area (TPSA) is 75.3 Å². The summed E-state index contributed by atoms with van der Waals surface area (Å²) in [4.78, 5) is 13.4. The molecule has 0 fully saturated rings. The summed E-state index contributed by atoms with van der Waals surface area (Å²) in [5.74, 6) is -0.420. The maximum atomic E-state index is 12.7. The molecule has 3 aromatic carbocycles. The maximum absolute atomic E-state index is 12.7. The summed E-state index contributed by atoms with van der Waals surface area (Å²) >= 11 is 9.94. The number of anilines is 2. The normalized spacial score (nSPS) is 11.5. The summed E-state index contributed by atoms with van der Waals surface area (Å²) in [6.07, 6.45) is 5.04. The van der Waals surface area contributed by atoms with Crippen molar-refractivity contribution in [2.75, 3.05) is 16.3 Å². The number of nitrogens with one attached hydrogen (secondary N) is 2. The first-order chi connectivity index (χ1) is 14.8. The summed E-state index contributed by atoms with van der Waals surface area (Å²) in [6.45, 7) is 0. The fourth-order valence-corrected chi connectivity index (χ4v) is 4.58. The Kier molecular flexibility index (Phi) is 8.04. The predicted molar refractivity (Wildman–Crippen MR) is 137 cm³/mol. The number of benzene rings is 3. The van der Waals surface area contributed by atoms with Crippen LogP contribution >= 0.6 is 46.0 Å². The highest BCUT2D eigenvalue weighted by Gasteiger charge is 2.17. The van der Waals surface area contributed by atoms with Crippen molar-refractivity contribution in [3.8, 4) is 0 Å². The average molecular weight is 585 g/mol. The van der Waals surface area contributed by atoms with E-state index in [4.69, 9.17) is 11.6 Å². The molecule has 0 saturated heterocycles. The van der Waals surface area contributed by atoms with Crippen LogP contribution in [0.25, 0.3) is 6.08 Å². The Labute approximate surface area is 204 Å². The van der Waals surface area contributed by atoms with E-state index in [2.05, 4.69) is 32.6 Å². The lowest BCUT2D eigenvalue weighted by Gasteiger charge is -2.11. The minimum absolute atomic E-state index is 0.0117. The average Bonchev–Trinajstić information content (AvgIpc) is 2.75. The zero-order valence-electron chi connectivity index (χ0n) is 16.3. The summed E-state index contributed by atoms with van der Waals surface area (Å²) in [5.41, 5.74) is 1.52. The van der Waals surface area contributed by atoms with Gasteiger partial charge in [0.25, 0.3) is 10.0 Å². The highest BCUT2D eigenvalue weighted by atomic mass is 127. The lowest BCUT2D eigenvalue weighted by molar-refractivity contribution is -0.111. The van der Waals surface area contributed by atoms with E-state index in [0.717, 1.165) is 14.0 Å². The number of amides is 1. The van der Waals surface area contributed by atoms with Crippen molar-refractivity contribution in [1.82, 2.24) is 0 Å². The minimum atomic E-state index is -3.85. The standard InChI is InChI=1S/C22H18ClIN2O3S2/c1-30-18-9-2-15(3-10-18)4-13-22(27)25-21-14-19(11-12-20(21)23)31(28,29)26-17-7-5-16(24)6-8-17/h2-14,26H,1H3,(H,25,27). The number of thioether (sulfide) groups is 1. The van der Waals surface area contributed by atoms with Crippen LogP contribution in [0.15, 0.2) is 82.6 Å². The maximum Gasteiger partial charge on any atom is 0.261 e. The van der Waals surface area contributed by atoms with Gasteiger partial charge in [-0.05, 0) is 95.1 Å². The van der Waals surface area contributed by atoms with E-state index >= 15 is 0 Å². The van der Waals surface area contributed by atoms with Gasteiger partial charge in [-0.2, -0.15) is 0 Å². The summed E-state index contributed by atoms with van der Waals surface area (Å²) < 4.78 is 28.9. The SMILES string of the molecule is CSc1ccc(C=CC(=O)Nc2cc(S(=O)(=O)Nc3ccc(I)cc3)ccc2Cl)cc1. The van der Waals surface area contributed by atoms with Gasteiger partial charge in [-0.1, -0.05) is 23.7 Å². The third-order valence-corrected chi connectivity index (χ3v) is 7.32. The van der Waals surface area contributed by atoms with Gasteiger partial charge in [0.1, 0.15) is 0 Å². The van der Waals surface area contributed by atoms with Crippen LogP contribution in [-0.2, 0) is 14.8 Å². The lowest BCUT2D eigenvalue weighted by Crippen LogP contribution is -2.14. The third-order valence-electron chi connectivity index (χ3n) is 4.15. The van der Waals surface area contributed by atoms with Gasteiger partial charge in [0, 0.05) is 20.2 Å². The van der Waals surface area contributed by atoms with Crippen LogP contribution in [0.5, 0.6) is 0 Å². The van der Waals surface area contributed by atoms with E-state index in [0.29, 0.717) is 5.69 Å². The molecule has 0 atom stereocenters. The monoisotopic (exact) mass is 584 g/mol. The molecule has 1 amide bonds. The van der Waals surface area contributed by atoms with Crippen LogP contribution in [0.4, 0.5) is 11.4 Å². The van der Waals surface area contributed by atoms with E-state index in [1.165, 1.54) is 24.3 Å². The third kappa shape index (κ3) is 6.73. The van der Waals surface area contributed by atoms with Crippen molar-refractivity contribution in [3.63, 3.8) is 0 Å². The largest absolute Gasteiger partial charge is 0.321 e. The van der Waals surface area contributed by atoms with Crippen LogP contribution in [0, 0.1) is 3.57 Å². The molecule has 0 aliphatic carbocycles. The number of rotatable bonds is 7. The second-order valence-electron chi connectivity index (χ2n) is 6.35. The molecule has 0 bridgehead atoms. The quantitative estimate of drug-likeness (QED) is 0.199. The van der Waals surface area contributed by atoms with Crippen molar-refractivity contribution >= 4 is 79.3 Å². The molecule has 0 spiro atoms. The van der Waals surface area contributed by atoms with Gasteiger partial charge < -0.3 is 5.32 Å². The van der Waals surface area contributed by atoms with Crippen molar-refractivity contribution in [2.24, 2.45) is 0 Å². The number of sulfonamides is 1. The van der Waals surface area contributed by atoms with Gasteiger partial charge in [0.2, 0.25) is 5.91 Å². The van der Waals surface area contributed by atoms with Crippen LogP contribution in [0.2, 0.25) is 5.02 Å². The van der Waals surface area contributed by atoms with Gasteiger partial charge in [0.15, 0.2) is 0 Å². The number of carbonyl (C=O) groups is 1. The lowest BCUT2D eigenvalue weighted by atomic mass is 10.2. The molecule has 31 heavy (non-hydrogen) atoms. The van der Waals surface area contributed by atoms with E-state index in [9.17, 15) is 13.2 Å². The number of halogens is 2. The highest BCUT2D eigenvalue weighted by molar-refractivity contribution is 14.1. The number of carbonyl (C=O) groups excluding carboxylic acids is 1. The van der Waals surface area contributed by atoms with Crippen LogP contribution < -0.4 is 10.0 Å². The molecular weight excluding hydrogens is 567 g/mol. The fourth-order valence-electron chi connectivity index (χ4n) is 2.56. The van der Waals surface area contributed by atoms with Crippen molar-refractivity contribution < 1.29 is 13.2 Å². The molecule has 0 heterocycles. The number of hydrogen-bond acceptors (Lipinski definition) is 4. The fraction of sp³-hybridized carbons (Fsp3) is 0.0455. The van der Waals surface area contributed by atoms with Crippen LogP contribution in [0.3, 0.4) is 0 Å². The van der Waals surface area contributed by atoms with Gasteiger partial charge >= 0.3 is 0 Å². The second-order valence-corrected chi connectivity index (χ2v) is 10.6. The molecular formula is C22H18ClIN2O3S2. The van der Waals surface area contributed by atoms with Crippen molar-refractivity contribution in [3.05, 3.63) is 87.0 Å². The van der Waals surface area contributed by atoms with Crippen LogP contribution in [0.1, 0.15) is 5.56 Å². The van der Waals surface area contributed by atoms with Gasteiger partial charge in [-0.3, -0.25) is 9.52 Å². The zero-order chi connectivity index (χ0) is 22.4. The van der Waals surface area contributed by atoms with E-state index in [1.54, 1.807) is 42.1 Å². The predicted octanol–water partition coefficient (Wildman–Crippen LogP) is 6.12. The molecule has 3 rings (SSSR count). The molecule has 160 valence electrons. The first kappa shape index (κ1) is 23.6. The molecule has 0 aliphatic heterocycles.